The molecule has 1 nitrogen and oxygen atoms in total. The Kier molecular flexibility index (Phi) is 6.19. The maximum Gasteiger partial charge on any atom is 0.0790 e. The van der Waals surface area contributed by atoms with Crippen LogP contribution in [0.4, 0.5) is 0 Å². The minimum Gasteiger partial charge on any atom is -0.388 e. The first-order valence-electron chi connectivity index (χ1n) is 5.13. The maximum atomic E-state index is 9.82. The van der Waals surface area contributed by atoms with E-state index < -0.39 is 0 Å². The summed E-state index contributed by atoms with van der Waals surface area (Å²) in [6.07, 6.45) is 4.24. The zero-order valence-electron chi connectivity index (χ0n) is 8.32. The fraction of sp³-hybridized carbons (Fsp3) is 0.500. The van der Waals surface area contributed by atoms with Gasteiger partial charge in [-0.3, -0.25) is 0 Å². The van der Waals surface area contributed by atoms with Crippen LogP contribution >= 0.6 is 22.6 Å². The van der Waals surface area contributed by atoms with Crippen molar-refractivity contribution in [2.24, 2.45) is 0 Å². The van der Waals surface area contributed by atoms with E-state index in [4.69, 9.17) is 0 Å². The molecule has 1 N–H and O–H groups in total. The van der Waals surface area contributed by atoms with Crippen molar-refractivity contribution in [2.45, 2.75) is 31.8 Å². The molecule has 0 bridgehead atoms. The fourth-order valence-electron chi connectivity index (χ4n) is 1.45. The van der Waals surface area contributed by atoms with Crippen molar-refractivity contribution in [3.63, 3.8) is 0 Å². The molecule has 1 aromatic rings. The van der Waals surface area contributed by atoms with Gasteiger partial charge in [-0.15, -0.1) is 0 Å². The molecule has 1 aromatic carbocycles. The van der Waals surface area contributed by atoms with Crippen LogP contribution in [-0.2, 0) is 0 Å². The first-order chi connectivity index (χ1) is 6.84. The van der Waals surface area contributed by atoms with Gasteiger partial charge in [-0.1, -0.05) is 65.8 Å². The second kappa shape index (κ2) is 7.23. The highest BCUT2D eigenvalue weighted by Crippen LogP contribution is 2.19. The van der Waals surface area contributed by atoms with Crippen molar-refractivity contribution in [1.82, 2.24) is 0 Å². The van der Waals surface area contributed by atoms with Crippen LogP contribution in [0.15, 0.2) is 30.3 Å². The molecule has 1 atom stereocenters. The molecule has 0 aliphatic rings. The number of unbranched alkanes of at least 4 members (excludes halogenated alkanes) is 2. The van der Waals surface area contributed by atoms with E-state index in [1.165, 1.54) is 17.3 Å². The van der Waals surface area contributed by atoms with Gasteiger partial charge >= 0.3 is 0 Å². The summed E-state index contributed by atoms with van der Waals surface area (Å²) in [5.41, 5.74) is 1.04. The monoisotopic (exact) mass is 304 g/mol. The zero-order chi connectivity index (χ0) is 10.2. The van der Waals surface area contributed by atoms with Gasteiger partial charge in [0, 0.05) is 0 Å². The lowest BCUT2D eigenvalue weighted by molar-refractivity contribution is 0.163. The van der Waals surface area contributed by atoms with Gasteiger partial charge in [0.15, 0.2) is 0 Å². The average molecular weight is 304 g/mol. The molecule has 0 saturated carbocycles. The fourth-order valence-corrected chi connectivity index (χ4v) is 1.99. The van der Waals surface area contributed by atoms with Crippen molar-refractivity contribution >= 4 is 22.6 Å². The molecule has 2 heteroatoms. The zero-order valence-corrected chi connectivity index (χ0v) is 10.5. The second-order valence-electron chi connectivity index (χ2n) is 3.46. The van der Waals surface area contributed by atoms with E-state index in [0.29, 0.717) is 0 Å². The summed E-state index contributed by atoms with van der Waals surface area (Å²) < 4.78 is 1.22. The molecule has 78 valence electrons. The van der Waals surface area contributed by atoms with Crippen LogP contribution in [0.2, 0.25) is 0 Å². The number of hydrogen-bond acceptors (Lipinski definition) is 1. The molecule has 1 rings (SSSR count). The van der Waals surface area contributed by atoms with Crippen LogP contribution < -0.4 is 0 Å². The Bertz CT molecular complexity index is 235. The standard InChI is InChI=1S/C12H17IO/c13-10-6-2-5-9-12(14)11-7-3-1-4-8-11/h1,3-4,7-8,12,14H,2,5-6,9-10H2. The van der Waals surface area contributed by atoms with Crippen LogP contribution in [0.25, 0.3) is 0 Å². The smallest absolute Gasteiger partial charge is 0.0790 e. The molecule has 0 heterocycles. The van der Waals surface area contributed by atoms with Crippen LogP contribution in [0.5, 0.6) is 0 Å². The van der Waals surface area contributed by atoms with Crippen LogP contribution in [0.3, 0.4) is 0 Å². The Balaban J connectivity index is 2.25. The molecule has 0 saturated heterocycles. The van der Waals surface area contributed by atoms with E-state index in [9.17, 15) is 5.11 Å². The van der Waals surface area contributed by atoms with Gasteiger partial charge in [-0.2, -0.15) is 0 Å². The summed E-state index contributed by atoms with van der Waals surface area (Å²) in [5.74, 6) is 0. The number of aliphatic hydroxyl groups is 1. The maximum absolute atomic E-state index is 9.82. The number of alkyl halides is 1. The van der Waals surface area contributed by atoms with Gasteiger partial charge in [0.1, 0.15) is 0 Å². The molecular formula is C12H17IO. The van der Waals surface area contributed by atoms with E-state index in [1.54, 1.807) is 0 Å². The highest BCUT2D eigenvalue weighted by Gasteiger charge is 2.05. The molecule has 0 fully saturated rings. The van der Waals surface area contributed by atoms with Crippen LogP contribution in [0, 0.1) is 0 Å². The van der Waals surface area contributed by atoms with Crippen molar-refractivity contribution in [3.8, 4) is 0 Å². The third-order valence-corrected chi connectivity index (χ3v) is 3.06. The van der Waals surface area contributed by atoms with Crippen LogP contribution in [0.1, 0.15) is 37.4 Å². The summed E-state index contributed by atoms with van der Waals surface area (Å²) in [5, 5.41) is 9.82. The van der Waals surface area contributed by atoms with Crippen LogP contribution in [-0.4, -0.2) is 9.53 Å². The van der Waals surface area contributed by atoms with E-state index in [-0.39, 0.29) is 6.10 Å². The summed E-state index contributed by atoms with van der Waals surface area (Å²) in [6, 6.07) is 9.91. The van der Waals surface area contributed by atoms with Crippen molar-refractivity contribution in [1.29, 1.82) is 0 Å². The largest absolute Gasteiger partial charge is 0.388 e. The Morgan fingerprint density at radius 3 is 2.43 bits per heavy atom. The highest BCUT2D eigenvalue weighted by molar-refractivity contribution is 14.1. The van der Waals surface area contributed by atoms with Gasteiger partial charge in [0.05, 0.1) is 6.10 Å². The van der Waals surface area contributed by atoms with Crippen molar-refractivity contribution in [3.05, 3.63) is 35.9 Å². The number of rotatable bonds is 6. The Morgan fingerprint density at radius 1 is 1.07 bits per heavy atom. The Morgan fingerprint density at radius 2 is 1.79 bits per heavy atom. The first kappa shape index (κ1) is 12.0. The molecule has 1 unspecified atom stereocenters. The summed E-state index contributed by atoms with van der Waals surface area (Å²) in [6.45, 7) is 0. The van der Waals surface area contributed by atoms with E-state index in [0.717, 1.165) is 18.4 Å². The van der Waals surface area contributed by atoms with Gasteiger partial charge in [-0.05, 0) is 22.8 Å². The van der Waals surface area contributed by atoms with Gasteiger partial charge in [-0.25, -0.2) is 0 Å². The second-order valence-corrected chi connectivity index (χ2v) is 4.54. The molecule has 0 radical (unpaired) electrons. The molecule has 14 heavy (non-hydrogen) atoms. The predicted octanol–water partition coefficient (Wildman–Crippen LogP) is 3.72. The predicted molar refractivity (Wildman–Crippen MR) is 68.8 cm³/mol. The number of hydrogen-bond donors (Lipinski definition) is 1. The third-order valence-electron chi connectivity index (χ3n) is 2.30. The minimum atomic E-state index is -0.273. The molecule has 0 spiro atoms. The summed E-state index contributed by atoms with van der Waals surface area (Å²) in [4.78, 5) is 0. The molecule has 0 aliphatic heterocycles. The lowest BCUT2D eigenvalue weighted by Crippen LogP contribution is -1.96. The van der Waals surface area contributed by atoms with Crippen molar-refractivity contribution in [2.75, 3.05) is 4.43 Å². The SMILES string of the molecule is OC(CCCCCI)c1ccccc1. The lowest BCUT2D eigenvalue weighted by atomic mass is 10.0. The quantitative estimate of drug-likeness (QED) is 0.482. The average Bonchev–Trinajstić information content (AvgIpc) is 2.25. The number of halogens is 1. The van der Waals surface area contributed by atoms with E-state index in [1.807, 2.05) is 30.3 Å². The molecule has 0 amide bonds. The lowest BCUT2D eigenvalue weighted by Gasteiger charge is -2.09. The first-order valence-corrected chi connectivity index (χ1v) is 6.66. The Hall–Kier alpha value is -0.0900. The topological polar surface area (TPSA) is 20.2 Å². The van der Waals surface area contributed by atoms with Gasteiger partial charge in [0.2, 0.25) is 0 Å². The normalized spacial score (nSPS) is 12.7. The summed E-state index contributed by atoms with van der Waals surface area (Å²) in [7, 11) is 0. The Labute approximate surface area is 99.7 Å². The third kappa shape index (κ3) is 4.42. The molecular weight excluding hydrogens is 287 g/mol. The minimum absolute atomic E-state index is 0.273. The van der Waals surface area contributed by atoms with E-state index >= 15 is 0 Å². The number of aliphatic hydroxyl groups excluding tert-OH is 1. The van der Waals surface area contributed by atoms with Gasteiger partial charge in [0.25, 0.3) is 0 Å². The molecule has 0 aromatic heterocycles. The summed E-state index contributed by atoms with van der Waals surface area (Å²) >= 11 is 2.39. The molecule has 0 aliphatic carbocycles. The van der Waals surface area contributed by atoms with Crippen molar-refractivity contribution < 1.29 is 5.11 Å². The van der Waals surface area contributed by atoms with E-state index in [2.05, 4.69) is 22.6 Å². The van der Waals surface area contributed by atoms with Gasteiger partial charge < -0.3 is 5.11 Å². The number of benzene rings is 1. The highest BCUT2D eigenvalue weighted by atomic mass is 127.